The Kier molecular flexibility index (Phi) is 3.04. The number of carbonyl (C=O) groups is 1. The van der Waals surface area contributed by atoms with Crippen LogP contribution in [-0.4, -0.2) is 57.5 Å². The fraction of sp³-hybridized carbons (Fsp3) is 0.533. The van der Waals surface area contributed by atoms with E-state index in [9.17, 15) is 4.79 Å². The second kappa shape index (κ2) is 4.95. The maximum Gasteiger partial charge on any atom is 0.236 e. The number of anilines is 1. The van der Waals surface area contributed by atoms with E-state index >= 15 is 0 Å². The average Bonchev–Trinajstić information content (AvgIpc) is 3.02. The van der Waals surface area contributed by atoms with Crippen LogP contribution in [-0.2, 0) is 4.79 Å². The van der Waals surface area contributed by atoms with Gasteiger partial charge < -0.3 is 20.5 Å². The molecule has 7 nitrogen and oxygen atoms in total. The van der Waals surface area contributed by atoms with E-state index in [1.807, 2.05) is 17.2 Å². The summed E-state index contributed by atoms with van der Waals surface area (Å²) in [7, 11) is 0. The summed E-state index contributed by atoms with van der Waals surface area (Å²) in [5.41, 5.74) is 6.35. The molecule has 4 rings (SSSR count). The lowest BCUT2D eigenvalue weighted by Crippen LogP contribution is -2.69. The zero-order valence-electron chi connectivity index (χ0n) is 12.5. The van der Waals surface area contributed by atoms with Crippen LogP contribution in [0.3, 0.4) is 0 Å². The summed E-state index contributed by atoms with van der Waals surface area (Å²) in [4.78, 5) is 28.1. The Labute approximate surface area is 128 Å². The number of piperidine rings is 1. The van der Waals surface area contributed by atoms with Gasteiger partial charge in [-0.1, -0.05) is 0 Å². The first kappa shape index (κ1) is 13.5. The van der Waals surface area contributed by atoms with Crippen molar-refractivity contribution in [1.29, 1.82) is 0 Å². The monoisotopic (exact) mass is 300 g/mol. The first-order chi connectivity index (χ1) is 10.7. The molecule has 2 aliphatic heterocycles. The highest BCUT2D eigenvalue weighted by molar-refractivity contribution is 5.87. The Morgan fingerprint density at radius 1 is 1.36 bits per heavy atom. The molecule has 1 unspecified atom stereocenters. The van der Waals surface area contributed by atoms with Crippen LogP contribution in [0.4, 0.5) is 5.82 Å². The number of hydrogen-bond acceptors (Lipinski definition) is 5. The zero-order chi connectivity index (χ0) is 15.2. The maximum atomic E-state index is 12.0. The smallest absolute Gasteiger partial charge is 0.236 e. The highest BCUT2D eigenvalue weighted by atomic mass is 16.2. The fourth-order valence-electron chi connectivity index (χ4n) is 3.87. The molecule has 0 aliphatic carbocycles. The predicted molar refractivity (Wildman–Crippen MR) is 83.5 cm³/mol. The third-order valence-corrected chi connectivity index (χ3v) is 5.04. The van der Waals surface area contributed by atoms with Gasteiger partial charge in [0.05, 0.1) is 17.5 Å². The normalized spacial score (nSPS) is 24.8. The van der Waals surface area contributed by atoms with E-state index < -0.39 is 0 Å². The van der Waals surface area contributed by atoms with E-state index in [0.717, 1.165) is 55.7 Å². The lowest BCUT2D eigenvalue weighted by molar-refractivity contribution is -0.146. The summed E-state index contributed by atoms with van der Waals surface area (Å²) in [6, 6.07) is 2.01. The summed E-state index contributed by atoms with van der Waals surface area (Å²) in [6.07, 6.45) is 6.65. The van der Waals surface area contributed by atoms with Gasteiger partial charge in [0.2, 0.25) is 5.91 Å². The quantitative estimate of drug-likeness (QED) is 0.842. The van der Waals surface area contributed by atoms with Gasteiger partial charge in [-0.15, -0.1) is 0 Å². The van der Waals surface area contributed by atoms with E-state index in [1.54, 1.807) is 6.33 Å². The number of nitrogens with zero attached hydrogens (tertiary/aromatic N) is 4. The first-order valence-electron chi connectivity index (χ1n) is 7.77. The summed E-state index contributed by atoms with van der Waals surface area (Å²) < 4.78 is 0. The predicted octanol–water partition coefficient (Wildman–Crippen LogP) is 0.488. The van der Waals surface area contributed by atoms with E-state index in [0.29, 0.717) is 0 Å². The summed E-state index contributed by atoms with van der Waals surface area (Å²) in [6.45, 7) is 2.71. The van der Waals surface area contributed by atoms with E-state index in [2.05, 4.69) is 19.9 Å². The molecule has 2 aliphatic rings. The Morgan fingerprint density at radius 3 is 3.05 bits per heavy atom. The highest BCUT2D eigenvalue weighted by Gasteiger charge is 2.49. The topological polar surface area (TPSA) is 91.1 Å². The van der Waals surface area contributed by atoms with Crippen LogP contribution in [0.15, 0.2) is 18.6 Å². The van der Waals surface area contributed by atoms with Crippen molar-refractivity contribution < 1.29 is 4.79 Å². The van der Waals surface area contributed by atoms with Crippen LogP contribution < -0.4 is 10.6 Å². The molecular formula is C15H20N6O. The summed E-state index contributed by atoms with van der Waals surface area (Å²) in [5.74, 6) is 1.01. The number of hydrogen-bond donors (Lipinski definition) is 2. The number of nitrogens with one attached hydrogen (secondary N) is 1. The zero-order valence-corrected chi connectivity index (χ0v) is 12.5. The molecule has 116 valence electrons. The number of amides is 1. The number of rotatable bonds is 2. The third-order valence-electron chi connectivity index (χ3n) is 5.04. The number of likely N-dealkylation sites (tertiary alicyclic amines) is 1. The number of aromatic amines is 1. The van der Waals surface area contributed by atoms with Gasteiger partial charge in [-0.2, -0.15) is 0 Å². The Hall–Kier alpha value is -2.15. The van der Waals surface area contributed by atoms with Crippen molar-refractivity contribution in [3.05, 3.63) is 18.6 Å². The van der Waals surface area contributed by atoms with E-state index in [1.165, 1.54) is 0 Å². The molecule has 1 spiro atoms. The minimum absolute atomic E-state index is 0.0533. The number of carbonyl (C=O) groups excluding carboxylic acids is 1. The lowest BCUT2D eigenvalue weighted by Gasteiger charge is -2.57. The second-order valence-corrected chi connectivity index (χ2v) is 6.19. The average molecular weight is 300 g/mol. The number of fused-ring (bicyclic) bond motifs is 1. The Morgan fingerprint density at radius 2 is 2.27 bits per heavy atom. The van der Waals surface area contributed by atoms with Crippen molar-refractivity contribution in [2.75, 3.05) is 31.1 Å². The standard InChI is InChI=1S/C15H20N6O/c16-8-12(22)21-7-4-15(21)3-1-6-20(9-15)14-11-2-5-17-13(11)18-10-19-14/h2,5,10H,1,3-4,6-9,16H2,(H,17,18,19). The van der Waals surface area contributed by atoms with Crippen LogP contribution in [0, 0.1) is 0 Å². The van der Waals surface area contributed by atoms with Crippen molar-refractivity contribution in [3.63, 3.8) is 0 Å². The molecule has 2 fully saturated rings. The van der Waals surface area contributed by atoms with Crippen LogP contribution in [0.25, 0.3) is 11.0 Å². The van der Waals surface area contributed by atoms with Gasteiger partial charge >= 0.3 is 0 Å². The van der Waals surface area contributed by atoms with Gasteiger partial charge in [0.25, 0.3) is 0 Å². The molecule has 0 bridgehead atoms. The largest absolute Gasteiger partial charge is 0.354 e. The molecule has 7 heteroatoms. The number of H-pyrrole nitrogens is 1. The van der Waals surface area contributed by atoms with Gasteiger partial charge in [-0.3, -0.25) is 4.79 Å². The summed E-state index contributed by atoms with van der Waals surface area (Å²) >= 11 is 0. The molecule has 22 heavy (non-hydrogen) atoms. The highest BCUT2D eigenvalue weighted by Crippen LogP contribution is 2.40. The SMILES string of the molecule is NCC(=O)N1CCC12CCCN(c1ncnc3[nH]ccc13)C2. The molecule has 0 radical (unpaired) electrons. The fourth-order valence-corrected chi connectivity index (χ4v) is 3.87. The van der Waals surface area contributed by atoms with Crippen molar-refractivity contribution in [2.24, 2.45) is 5.73 Å². The number of nitrogens with two attached hydrogens (primary N) is 1. The van der Waals surface area contributed by atoms with E-state index in [4.69, 9.17) is 5.73 Å². The van der Waals surface area contributed by atoms with Crippen LogP contribution in [0.1, 0.15) is 19.3 Å². The first-order valence-corrected chi connectivity index (χ1v) is 7.77. The maximum absolute atomic E-state index is 12.0. The van der Waals surface area contributed by atoms with Crippen molar-refractivity contribution in [1.82, 2.24) is 19.9 Å². The van der Waals surface area contributed by atoms with Crippen molar-refractivity contribution in [3.8, 4) is 0 Å². The Bertz CT molecular complexity index is 713. The van der Waals surface area contributed by atoms with Gasteiger partial charge in [0, 0.05) is 25.8 Å². The van der Waals surface area contributed by atoms with Crippen LogP contribution >= 0.6 is 0 Å². The lowest BCUT2D eigenvalue weighted by atomic mass is 9.77. The van der Waals surface area contributed by atoms with Gasteiger partial charge in [0.1, 0.15) is 17.8 Å². The van der Waals surface area contributed by atoms with Crippen LogP contribution in [0.5, 0.6) is 0 Å². The van der Waals surface area contributed by atoms with Gasteiger partial charge in [-0.05, 0) is 25.3 Å². The molecule has 1 atom stereocenters. The molecule has 1 amide bonds. The third kappa shape index (κ3) is 1.89. The van der Waals surface area contributed by atoms with Gasteiger partial charge in [-0.25, -0.2) is 9.97 Å². The Balaban J connectivity index is 1.64. The molecule has 0 saturated carbocycles. The molecule has 2 aromatic rings. The molecule has 3 N–H and O–H groups in total. The summed E-state index contributed by atoms with van der Waals surface area (Å²) in [5, 5.41) is 1.04. The van der Waals surface area contributed by atoms with Crippen molar-refractivity contribution in [2.45, 2.75) is 24.8 Å². The number of aromatic nitrogens is 3. The molecule has 0 aromatic carbocycles. The molecule has 4 heterocycles. The minimum atomic E-state index is -0.0533. The second-order valence-electron chi connectivity index (χ2n) is 6.19. The van der Waals surface area contributed by atoms with Crippen molar-refractivity contribution >= 4 is 22.8 Å². The van der Waals surface area contributed by atoms with Gasteiger partial charge in [0.15, 0.2) is 0 Å². The minimum Gasteiger partial charge on any atom is -0.354 e. The molecule has 2 saturated heterocycles. The molecule has 2 aromatic heterocycles. The molecular weight excluding hydrogens is 280 g/mol. The van der Waals surface area contributed by atoms with Crippen LogP contribution in [0.2, 0.25) is 0 Å². The van der Waals surface area contributed by atoms with E-state index in [-0.39, 0.29) is 18.0 Å².